The second kappa shape index (κ2) is 10.4. The SMILES string of the molecule is c1ccc2c(c1)CSc1ccccc1N2C1CCN(CCCCC2CCCCC2)CC1. The number of benzene rings is 2. The Morgan fingerprint density at radius 1 is 0.774 bits per heavy atom. The summed E-state index contributed by atoms with van der Waals surface area (Å²) in [5.41, 5.74) is 4.34. The molecule has 2 aromatic rings. The molecule has 2 aromatic carbocycles. The third kappa shape index (κ3) is 5.14. The van der Waals surface area contributed by atoms with Crippen molar-refractivity contribution in [3.63, 3.8) is 0 Å². The number of nitrogens with zero attached hydrogens (tertiary/aromatic N) is 2. The molecule has 0 amide bonds. The molecule has 0 N–H and O–H groups in total. The summed E-state index contributed by atoms with van der Waals surface area (Å²) in [6.45, 7) is 3.81. The first kappa shape index (κ1) is 21.4. The van der Waals surface area contributed by atoms with E-state index in [0.717, 1.165) is 11.7 Å². The lowest BCUT2D eigenvalue weighted by atomic mass is 9.86. The van der Waals surface area contributed by atoms with E-state index in [1.165, 1.54) is 106 Å². The molecule has 31 heavy (non-hydrogen) atoms. The minimum Gasteiger partial charge on any atom is -0.337 e. The quantitative estimate of drug-likeness (QED) is 0.431. The maximum Gasteiger partial charge on any atom is 0.0551 e. The first-order chi connectivity index (χ1) is 15.4. The highest BCUT2D eigenvalue weighted by Crippen LogP contribution is 2.44. The molecule has 0 spiro atoms. The lowest BCUT2D eigenvalue weighted by molar-refractivity contribution is 0.205. The zero-order valence-corrected chi connectivity index (χ0v) is 19.8. The van der Waals surface area contributed by atoms with Crippen molar-refractivity contribution in [2.24, 2.45) is 5.92 Å². The first-order valence-corrected chi connectivity index (χ1v) is 13.7. The lowest BCUT2D eigenvalue weighted by Gasteiger charge is -2.40. The van der Waals surface area contributed by atoms with Crippen LogP contribution in [0.3, 0.4) is 0 Å². The van der Waals surface area contributed by atoms with Crippen LogP contribution in [0.2, 0.25) is 0 Å². The summed E-state index contributed by atoms with van der Waals surface area (Å²) < 4.78 is 0. The first-order valence-electron chi connectivity index (χ1n) is 12.7. The summed E-state index contributed by atoms with van der Waals surface area (Å²) in [5.74, 6) is 2.12. The minimum atomic E-state index is 0.611. The fraction of sp³-hybridized carbons (Fsp3) is 0.571. The topological polar surface area (TPSA) is 6.48 Å². The highest BCUT2D eigenvalue weighted by atomic mass is 32.2. The molecule has 3 aliphatic rings. The largest absolute Gasteiger partial charge is 0.337 e. The molecule has 1 saturated carbocycles. The molecule has 0 radical (unpaired) electrons. The molecule has 0 unspecified atom stereocenters. The predicted molar refractivity (Wildman–Crippen MR) is 134 cm³/mol. The number of anilines is 2. The Morgan fingerprint density at radius 2 is 1.52 bits per heavy atom. The van der Waals surface area contributed by atoms with Crippen LogP contribution in [0.5, 0.6) is 0 Å². The third-order valence-corrected chi connectivity index (χ3v) is 8.85. The van der Waals surface area contributed by atoms with Crippen molar-refractivity contribution in [2.75, 3.05) is 24.5 Å². The average Bonchev–Trinajstić information content (AvgIpc) is 3.00. The van der Waals surface area contributed by atoms with Crippen LogP contribution in [-0.4, -0.2) is 30.6 Å². The van der Waals surface area contributed by atoms with Gasteiger partial charge in [0.15, 0.2) is 0 Å². The lowest BCUT2D eigenvalue weighted by Crippen LogP contribution is -2.43. The van der Waals surface area contributed by atoms with Crippen molar-refractivity contribution >= 4 is 23.1 Å². The van der Waals surface area contributed by atoms with Gasteiger partial charge in [0.05, 0.1) is 5.69 Å². The Labute approximate surface area is 193 Å². The molecule has 2 aliphatic heterocycles. The van der Waals surface area contributed by atoms with Crippen molar-refractivity contribution < 1.29 is 0 Å². The molecular weight excluding hydrogens is 396 g/mol. The van der Waals surface area contributed by atoms with Crippen LogP contribution in [0.15, 0.2) is 53.4 Å². The zero-order valence-electron chi connectivity index (χ0n) is 19.0. The monoisotopic (exact) mass is 434 g/mol. The summed E-state index contributed by atoms with van der Waals surface area (Å²) >= 11 is 1.99. The molecule has 0 atom stereocenters. The summed E-state index contributed by atoms with van der Waals surface area (Å²) in [4.78, 5) is 6.86. The maximum absolute atomic E-state index is 2.74. The Morgan fingerprint density at radius 3 is 2.35 bits per heavy atom. The van der Waals surface area contributed by atoms with E-state index in [-0.39, 0.29) is 0 Å². The molecule has 1 saturated heterocycles. The van der Waals surface area contributed by atoms with Gasteiger partial charge in [0.1, 0.15) is 0 Å². The number of likely N-dealkylation sites (tertiary alicyclic amines) is 1. The highest BCUT2D eigenvalue weighted by Gasteiger charge is 2.30. The molecule has 2 nitrogen and oxygen atoms in total. The normalized spacial score (nSPS) is 20.8. The van der Waals surface area contributed by atoms with Crippen LogP contribution in [0.4, 0.5) is 11.4 Å². The average molecular weight is 435 g/mol. The highest BCUT2D eigenvalue weighted by molar-refractivity contribution is 7.98. The van der Waals surface area contributed by atoms with Gasteiger partial charge in [-0.25, -0.2) is 0 Å². The van der Waals surface area contributed by atoms with E-state index in [2.05, 4.69) is 58.3 Å². The number of para-hydroxylation sites is 2. The summed E-state index contributed by atoms with van der Waals surface area (Å²) in [5, 5.41) is 0. The van der Waals surface area contributed by atoms with Gasteiger partial charge in [-0.2, -0.15) is 0 Å². The van der Waals surface area contributed by atoms with E-state index in [1.54, 1.807) is 0 Å². The van der Waals surface area contributed by atoms with Crippen LogP contribution < -0.4 is 4.90 Å². The molecule has 5 rings (SSSR count). The molecule has 166 valence electrons. The second-order valence-corrected chi connectivity index (χ2v) is 10.8. The fourth-order valence-corrected chi connectivity index (χ4v) is 7.01. The van der Waals surface area contributed by atoms with Gasteiger partial charge in [-0.3, -0.25) is 0 Å². The second-order valence-electron chi connectivity index (χ2n) is 9.83. The maximum atomic E-state index is 2.74. The smallest absolute Gasteiger partial charge is 0.0551 e. The van der Waals surface area contributed by atoms with Gasteiger partial charge < -0.3 is 9.80 Å². The van der Waals surface area contributed by atoms with E-state index in [4.69, 9.17) is 0 Å². The van der Waals surface area contributed by atoms with Gasteiger partial charge in [0.2, 0.25) is 0 Å². The number of piperidine rings is 1. The van der Waals surface area contributed by atoms with Crippen LogP contribution >= 0.6 is 11.8 Å². The van der Waals surface area contributed by atoms with Crippen LogP contribution in [0.25, 0.3) is 0 Å². The molecule has 0 aromatic heterocycles. The number of unbranched alkanes of at least 4 members (excludes halogenated alkanes) is 1. The fourth-order valence-electron chi connectivity index (χ4n) is 5.97. The Kier molecular flexibility index (Phi) is 7.21. The Hall–Kier alpha value is -1.45. The molecule has 0 bridgehead atoms. The van der Waals surface area contributed by atoms with Gasteiger partial charge in [-0.15, -0.1) is 11.8 Å². The standard InChI is InChI=1S/C28H38N2S/c1-2-10-23(11-3-1)12-8-9-19-29-20-17-25(18-21-29)30-26-14-5-4-13-24(26)22-31-28-16-7-6-15-27(28)30/h4-7,13-16,23,25H,1-3,8-12,17-22H2. The summed E-state index contributed by atoms with van der Waals surface area (Å²) in [6, 6.07) is 18.7. The van der Waals surface area contributed by atoms with Gasteiger partial charge in [-0.05, 0) is 55.5 Å². The molecule has 2 fully saturated rings. The van der Waals surface area contributed by atoms with E-state index >= 15 is 0 Å². The van der Waals surface area contributed by atoms with Crippen LogP contribution in [0, 0.1) is 5.92 Å². The van der Waals surface area contributed by atoms with E-state index in [1.807, 2.05) is 11.8 Å². The Bertz CT molecular complexity index is 789. The summed E-state index contributed by atoms with van der Waals surface area (Å²) in [6.07, 6.45) is 14.3. The van der Waals surface area contributed by atoms with Gasteiger partial charge >= 0.3 is 0 Å². The van der Waals surface area contributed by atoms with Crippen molar-refractivity contribution in [1.82, 2.24) is 4.90 Å². The number of fused-ring (bicyclic) bond motifs is 2. The molecule has 3 heteroatoms. The van der Waals surface area contributed by atoms with Gasteiger partial charge in [-0.1, -0.05) is 75.3 Å². The van der Waals surface area contributed by atoms with E-state index < -0.39 is 0 Å². The van der Waals surface area contributed by atoms with Crippen molar-refractivity contribution in [1.29, 1.82) is 0 Å². The van der Waals surface area contributed by atoms with Gasteiger partial charge in [0, 0.05) is 35.5 Å². The van der Waals surface area contributed by atoms with Crippen molar-refractivity contribution in [3.05, 3.63) is 54.1 Å². The van der Waals surface area contributed by atoms with Gasteiger partial charge in [0.25, 0.3) is 0 Å². The van der Waals surface area contributed by atoms with E-state index in [9.17, 15) is 0 Å². The summed E-state index contributed by atoms with van der Waals surface area (Å²) in [7, 11) is 0. The molecular formula is C28H38N2S. The number of hydrogen-bond acceptors (Lipinski definition) is 3. The van der Waals surface area contributed by atoms with Crippen molar-refractivity contribution in [3.8, 4) is 0 Å². The van der Waals surface area contributed by atoms with E-state index in [0.29, 0.717) is 6.04 Å². The number of thioether (sulfide) groups is 1. The van der Waals surface area contributed by atoms with Crippen LogP contribution in [0.1, 0.15) is 69.8 Å². The molecule has 1 aliphatic carbocycles. The van der Waals surface area contributed by atoms with Crippen LogP contribution in [-0.2, 0) is 5.75 Å². The Balaban J connectivity index is 1.19. The zero-order chi connectivity index (χ0) is 20.9. The number of rotatable bonds is 6. The minimum absolute atomic E-state index is 0.611. The van der Waals surface area contributed by atoms with Crippen molar-refractivity contribution in [2.45, 2.75) is 80.9 Å². The predicted octanol–water partition coefficient (Wildman–Crippen LogP) is 7.65. The third-order valence-electron chi connectivity index (χ3n) is 7.74. The molecule has 2 heterocycles. The number of hydrogen-bond donors (Lipinski definition) is 0.